The van der Waals surface area contributed by atoms with Gasteiger partial charge in [0.15, 0.2) is 0 Å². The molecule has 6 heteroatoms. The molecule has 0 saturated carbocycles. The average Bonchev–Trinajstić information content (AvgIpc) is 2.47. The largest absolute Gasteiger partial charge is 0.379 e. The fourth-order valence-corrected chi connectivity index (χ4v) is 1.62. The van der Waals surface area contributed by atoms with Crippen LogP contribution in [0.1, 0.15) is 28.8 Å². The molecular weight excluding hydrogens is 254 g/mol. The Balaban J connectivity index is 2.01. The van der Waals surface area contributed by atoms with Gasteiger partial charge in [-0.1, -0.05) is 0 Å². The highest BCUT2D eigenvalue weighted by molar-refractivity contribution is 5.93. The molecule has 0 unspecified atom stereocenters. The summed E-state index contributed by atoms with van der Waals surface area (Å²) in [7, 11) is 0. The maximum atomic E-state index is 11.7. The summed E-state index contributed by atoms with van der Waals surface area (Å²) < 4.78 is 0. The smallest absolute Gasteiger partial charge is 0.269 e. The lowest BCUT2D eigenvalue weighted by Gasteiger charge is -2.07. The first-order chi connectivity index (χ1) is 9.69. The molecule has 0 bridgehead atoms. The van der Waals surface area contributed by atoms with Crippen molar-refractivity contribution in [2.45, 2.75) is 20.4 Å². The normalized spacial score (nSPS) is 10.1. The van der Waals surface area contributed by atoms with Crippen molar-refractivity contribution in [3.05, 3.63) is 47.8 Å². The highest BCUT2D eigenvalue weighted by Crippen LogP contribution is 2.09. The monoisotopic (exact) mass is 271 g/mol. The Hall–Kier alpha value is -2.50. The van der Waals surface area contributed by atoms with Crippen LogP contribution in [0.3, 0.4) is 0 Å². The number of carbonyl (C=O) groups is 1. The molecule has 2 heterocycles. The van der Waals surface area contributed by atoms with Crippen LogP contribution in [0, 0.1) is 6.92 Å². The number of carbonyl (C=O) groups excluding carboxylic acids is 1. The van der Waals surface area contributed by atoms with Crippen molar-refractivity contribution in [2.75, 3.05) is 11.9 Å². The van der Waals surface area contributed by atoms with Crippen LogP contribution in [0.15, 0.2) is 30.7 Å². The van der Waals surface area contributed by atoms with Crippen molar-refractivity contribution in [2.24, 2.45) is 0 Å². The van der Waals surface area contributed by atoms with Crippen LogP contribution in [0.2, 0.25) is 0 Å². The number of hydrogen-bond donors (Lipinski definition) is 2. The maximum absolute atomic E-state index is 11.7. The van der Waals surface area contributed by atoms with E-state index in [4.69, 9.17) is 0 Å². The Bertz CT molecular complexity index is 582. The zero-order chi connectivity index (χ0) is 14.4. The standard InChI is InChI=1S/C14H17N5O/c1-3-15-14(20)13-6-11(4-5-16-13)19-9-12-8-17-10(2)7-18-12/h4-8H,3,9H2,1-2H3,(H,15,20)(H,16,19). The van der Waals surface area contributed by atoms with Crippen molar-refractivity contribution in [3.63, 3.8) is 0 Å². The van der Waals surface area contributed by atoms with Crippen molar-refractivity contribution < 1.29 is 4.79 Å². The predicted octanol–water partition coefficient (Wildman–Crippen LogP) is 1.54. The molecule has 0 aromatic carbocycles. The summed E-state index contributed by atoms with van der Waals surface area (Å²) in [6, 6.07) is 3.52. The molecule has 0 atom stereocenters. The van der Waals surface area contributed by atoms with Gasteiger partial charge in [0.1, 0.15) is 5.69 Å². The zero-order valence-electron chi connectivity index (χ0n) is 11.6. The predicted molar refractivity (Wildman–Crippen MR) is 76.3 cm³/mol. The number of amides is 1. The molecule has 0 saturated heterocycles. The number of rotatable bonds is 5. The molecule has 20 heavy (non-hydrogen) atoms. The van der Waals surface area contributed by atoms with E-state index in [1.807, 2.05) is 19.9 Å². The first-order valence-electron chi connectivity index (χ1n) is 6.44. The molecule has 104 valence electrons. The van der Waals surface area contributed by atoms with Crippen LogP contribution < -0.4 is 10.6 Å². The summed E-state index contributed by atoms with van der Waals surface area (Å²) >= 11 is 0. The number of anilines is 1. The first-order valence-corrected chi connectivity index (χ1v) is 6.44. The van der Waals surface area contributed by atoms with E-state index in [9.17, 15) is 4.79 Å². The average molecular weight is 271 g/mol. The molecule has 2 rings (SSSR count). The lowest BCUT2D eigenvalue weighted by Crippen LogP contribution is -2.23. The highest BCUT2D eigenvalue weighted by Gasteiger charge is 2.06. The summed E-state index contributed by atoms with van der Waals surface area (Å²) in [5.74, 6) is -0.175. The maximum Gasteiger partial charge on any atom is 0.269 e. The van der Waals surface area contributed by atoms with Crippen molar-refractivity contribution in [1.82, 2.24) is 20.3 Å². The van der Waals surface area contributed by atoms with E-state index in [2.05, 4.69) is 25.6 Å². The zero-order valence-corrected chi connectivity index (χ0v) is 11.6. The minimum atomic E-state index is -0.175. The molecule has 2 aromatic heterocycles. The summed E-state index contributed by atoms with van der Waals surface area (Å²) in [4.78, 5) is 24.2. The second-order valence-electron chi connectivity index (χ2n) is 4.29. The SMILES string of the molecule is CCNC(=O)c1cc(NCc2cnc(C)cn2)ccn1. The van der Waals surface area contributed by atoms with Crippen molar-refractivity contribution in [1.29, 1.82) is 0 Å². The van der Waals surface area contributed by atoms with Crippen LogP contribution in [-0.4, -0.2) is 27.4 Å². The van der Waals surface area contributed by atoms with Gasteiger partial charge in [-0.3, -0.25) is 19.7 Å². The molecule has 0 radical (unpaired) electrons. The third-order valence-electron chi connectivity index (χ3n) is 2.64. The number of nitrogens with one attached hydrogen (secondary N) is 2. The summed E-state index contributed by atoms with van der Waals surface area (Å²) in [5, 5.41) is 5.91. The topological polar surface area (TPSA) is 79.8 Å². The molecular formula is C14H17N5O. The molecule has 2 N–H and O–H groups in total. The highest BCUT2D eigenvalue weighted by atomic mass is 16.1. The van der Waals surface area contributed by atoms with Gasteiger partial charge in [0.05, 0.1) is 24.1 Å². The molecule has 0 spiro atoms. The number of aryl methyl sites for hydroxylation is 1. The molecule has 2 aromatic rings. The Labute approximate surface area is 117 Å². The molecule has 0 aliphatic heterocycles. The van der Waals surface area contributed by atoms with Gasteiger partial charge in [-0.25, -0.2) is 0 Å². The second-order valence-corrected chi connectivity index (χ2v) is 4.29. The fourth-order valence-electron chi connectivity index (χ4n) is 1.62. The van der Waals surface area contributed by atoms with Gasteiger partial charge >= 0.3 is 0 Å². The van der Waals surface area contributed by atoms with Crippen LogP contribution in [0.5, 0.6) is 0 Å². The van der Waals surface area contributed by atoms with Gasteiger partial charge in [0.2, 0.25) is 0 Å². The van der Waals surface area contributed by atoms with Gasteiger partial charge in [-0.05, 0) is 26.0 Å². The number of hydrogen-bond acceptors (Lipinski definition) is 5. The molecule has 0 aliphatic carbocycles. The third kappa shape index (κ3) is 3.74. The molecule has 6 nitrogen and oxygen atoms in total. The van der Waals surface area contributed by atoms with Crippen molar-refractivity contribution >= 4 is 11.6 Å². The van der Waals surface area contributed by atoms with Crippen LogP contribution in [0.4, 0.5) is 5.69 Å². The molecule has 0 fully saturated rings. The Morgan fingerprint density at radius 1 is 1.25 bits per heavy atom. The van der Waals surface area contributed by atoms with E-state index < -0.39 is 0 Å². The van der Waals surface area contributed by atoms with E-state index in [0.29, 0.717) is 18.8 Å². The van der Waals surface area contributed by atoms with E-state index in [0.717, 1.165) is 17.1 Å². The van der Waals surface area contributed by atoms with Crippen molar-refractivity contribution in [3.8, 4) is 0 Å². The number of aromatic nitrogens is 3. The van der Waals surface area contributed by atoms with Crippen LogP contribution in [0.25, 0.3) is 0 Å². The van der Waals surface area contributed by atoms with E-state index in [1.165, 1.54) is 0 Å². The lowest BCUT2D eigenvalue weighted by atomic mass is 10.3. The summed E-state index contributed by atoms with van der Waals surface area (Å²) in [6.07, 6.45) is 5.06. The lowest BCUT2D eigenvalue weighted by molar-refractivity contribution is 0.0951. The minimum absolute atomic E-state index is 0.175. The second kappa shape index (κ2) is 6.60. The van der Waals surface area contributed by atoms with Gasteiger partial charge < -0.3 is 10.6 Å². The number of nitrogens with zero attached hydrogens (tertiary/aromatic N) is 3. The fraction of sp³-hybridized carbons (Fsp3) is 0.286. The Kier molecular flexibility index (Phi) is 4.60. The minimum Gasteiger partial charge on any atom is -0.379 e. The Morgan fingerprint density at radius 2 is 2.10 bits per heavy atom. The van der Waals surface area contributed by atoms with E-state index >= 15 is 0 Å². The van der Waals surface area contributed by atoms with E-state index in [1.54, 1.807) is 24.7 Å². The van der Waals surface area contributed by atoms with E-state index in [-0.39, 0.29) is 5.91 Å². The molecule has 0 aliphatic rings. The quantitative estimate of drug-likeness (QED) is 0.862. The summed E-state index contributed by atoms with van der Waals surface area (Å²) in [5.41, 5.74) is 2.94. The number of pyridine rings is 1. The van der Waals surface area contributed by atoms with Crippen LogP contribution >= 0.6 is 0 Å². The van der Waals surface area contributed by atoms with Gasteiger partial charge in [-0.15, -0.1) is 0 Å². The first kappa shape index (κ1) is 13.9. The third-order valence-corrected chi connectivity index (χ3v) is 2.64. The van der Waals surface area contributed by atoms with Gasteiger partial charge in [0.25, 0.3) is 5.91 Å². The summed E-state index contributed by atoms with van der Waals surface area (Å²) in [6.45, 7) is 4.89. The van der Waals surface area contributed by atoms with Crippen LogP contribution in [-0.2, 0) is 6.54 Å². The Morgan fingerprint density at radius 3 is 2.80 bits per heavy atom. The van der Waals surface area contributed by atoms with Gasteiger partial charge in [-0.2, -0.15) is 0 Å². The molecule has 1 amide bonds. The van der Waals surface area contributed by atoms with Gasteiger partial charge in [0, 0.05) is 24.6 Å².